The van der Waals surface area contributed by atoms with Gasteiger partial charge in [-0.1, -0.05) is 0 Å². The topological polar surface area (TPSA) is 0 Å². The molecule has 2 unspecified atom stereocenters. The summed E-state index contributed by atoms with van der Waals surface area (Å²) in [5, 5.41) is 1.97. The van der Waals surface area contributed by atoms with Crippen LogP contribution < -0.4 is 0 Å². The molecule has 0 N–H and O–H groups in total. The van der Waals surface area contributed by atoms with Crippen molar-refractivity contribution in [3.05, 3.63) is 0 Å². The molecule has 0 aromatic rings. The van der Waals surface area contributed by atoms with E-state index in [9.17, 15) is 0 Å². The van der Waals surface area contributed by atoms with Crippen LogP contribution in [0.5, 0.6) is 0 Å². The zero-order chi connectivity index (χ0) is 9.19. The fourth-order valence-electron chi connectivity index (χ4n) is 1.11. The summed E-state index contributed by atoms with van der Waals surface area (Å²) < 4.78 is 0. The fraction of sp³-hybridized carbons (Fsp3) is 1.00. The average Bonchev–Trinajstić information content (AvgIpc) is 1.81. The zero-order valence-corrected chi connectivity index (χ0v) is 12.1. The summed E-state index contributed by atoms with van der Waals surface area (Å²) in [5.74, 6) is 0. The standard InChI is InChI=1S/C6H10Cl4SeSi/c7-5-1-11(9,10)2-6(8)4-12-3-5/h5-6H,1-4H2. The molecule has 6 heteroatoms. The monoisotopic (exact) mass is 330 g/mol. The predicted molar refractivity (Wildman–Crippen MR) is 61.7 cm³/mol. The van der Waals surface area contributed by atoms with E-state index in [2.05, 4.69) is 0 Å². The Morgan fingerprint density at radius 1 is 1.00 bits per heavy atom. The third-order valence-electron chi connectivity index (χ3n) is 1.58. The van der Waals surface area contributed by atoms with Crippen LogP contribution in [-0.4, -0.2) is 31.3 Å². The molecular formula is C6H10Cl4SeSi. The summed E-state index contributed by atoms with van der Waals surface area (Å²) in [6.45, 7) is 0. The molecule has 1 heterocycles. The Balaban J connectivity index is 2.51. The van der Waals surface area contributed by atoms with Gasteiger partial charge in [-0.15, -0.1) is 0 Å². The van der Waals surface area contributed by atoms with Gasteiger partial charge in [-0.05, 0) is 0 Å². The van der Waals surface area contributed by atoms with Gasteiger partial charge in [0.05, 0.1) is 0 Å². The van der Waals surface area contributed by atoms with Crippen LogP contribution in [0.25, 0.3) is 0 Å². The number of hydrogen-bond donors (Lipinski definition) is 0. The maximum absolute atomic E-state index is 6.19. The van der Waals surface area contributed by atoms with Crippen molar-refractivity contribution in [2.24, 2.45) is 0 Å². The molecule has 0 aliphatic carbocycles. The molecule has 1 aliphatic rings. The van der Waals surface area contributed by atoms with Gasteiger partial charge >= 0.3 is 97.4 Å². The van der Waals surface area contributed by atoms with Crippen molar-refractivity contribution in [2.45, 2.75) is 33.5 Å². The van der Waals surface area contributed by atoms with Crippen LogP contribution in [0.2, 0.25) is 22.7 Å². The predicted octanol–water partition coefficient (Wildman–Crippen LogP) is 3.68. The van der Waals surface area contributed by atoms with Crippen molar-refractivity contribution in [3.63, 3.8) is 0 Å². The second-order valence-electron chi connectivity index (χ2n) is 2.89. The molecule has 1 saturated heterocycles. The third kappa shape index (κ3) is 4.41. The second-order valence-corrected chi connectivity index (χ2v) is 16.7. The zero-order valence-electron chi connectivity index (χ0n) is 6.40. The molecule has 12 heavy (non-hydrogen) atoms. The maximum atomic E-state index is 6.19. The molecule has 72 valence electrons. The van der Waals surface area contributed by atoms with Gasteiger partial charge in [0.1, 0.15) is 0 Å². The van der Waals surface area contributed by atoms with Crippen molar-refractivity contribution in [3.8, 4) is 0 Å². The van der Waals surface area contributed by atoms with Crippen LogP contribution in [0.15, 0.2) is 0 Å². The second kappa shape index (κ2) is 5.11. The minimum atomic E-state index is -2.29. The number of halogens is 4. The van der Waals surface area contributed by atoms with E-state index in [4.69, 9.17) is 43.4 Å². The van der Waals surface area contributed by atoms with Gasteiger partial charge in [-0.25, -0.2) is 0 Å². The first-order valence-electron chi connectivity index (χ1n) is 3.66. The molecule has 0 amide bonds. The Labute approximate surface area is 96.8 Å². The van der Waals surface area contributed by atoms with Crippen molar-refractivity contribution >= 4 is 63.9 Å². The molecule has 0 saturated carbocycles. The van der Waals surface area contributed by atoms with Gasteiger partial charge < -0.3 is 0 Å². The molecule has 2 radical (unpaired) electrons. The van der Waals surface area contributed by atoms with Crippen molar-refractivity contribution in [1.29, 1.82) is 0 Å². The summed E-state index contributed by atoms with van der Waals surface area (Å²) >= 11 is 9.83. The van der Waals surface area contributed by atoms with Crippen molar-refractivity contribution in [2.75, 3.05) is 0 Å². The molecule has 0 aromatic heterocycles. The van der Waals surface area contributed by atoms with Crippen LogP contribution >= 0.6 is 43.4 Å². The van der Waals surface area contributed by atoms with E-state index in [-0.39, 0.29) is 10.8 Å². The van der Waals surface area contributed by atoms with E-state index in [0.717, 1.165) is 32.2 Å². The molecule has 0 bridgehead atoms. The summed E-state index contributed by atoms with van der Waals surface area (Å²) in [7, 11) is 13.3. The number of hydrogen-bond acceptors (Lipinski definition) is 0. The summed E-state index contributed by atoms with van der Waals surface area (Å²) in [4.78, 5) is 0. The molecule has 0 aromatic carbocycles. The van der Waals surface area contributed by atoms with E-state index in [1.165, 1.54) is 0 Å². The summed E-state index contributed by atoms with van der Waals surface area (Å²) in [6, 6.07) is 2.06. The van der Waals surface area contributed by atoms with Crippen molar-refractivity contribution < 1.29 is 0 Å². The van der Waals surface area contributed by atoms with Crippen molar-refractivity contribution in [1.82, 2.24) is 0 Å². The number of rotatable bonds is 0. The van der Waals surface area contributed by atoms with Crippen LogP contribution in [0.4, 0.5) is 0 Å². The van der Waals surface area contributed by atoms with Gasteiger partial charge in [0.25, 0.3) is 0 Å². The Bertz CT molecular complexity index is 140. The van der Waals surface area contributed by atoms with Gasteiger partial charge in [-0.2, -0.15) is 0 Å². The third-order valence-corrected chi connectivity index (χ3v) is 11.5. The Morgan fingerprint density at radius 2 is 1.42 bits per heavy atom. The van der Waals surface area contributed by atoms with Gasteiger partial charge in [0.15, 0.2) is 0 Å². The molecule has 1 aliphatic heterocycles. The average molecular weight is 331 g/mol. The summed E-state index contributed by atoms with van der Waals surface area (Å²) in [6.07, 6.45) is 0. The molecule has 1 rings (SSSR count). The normalized spacial score (nSPS) is 39.7. The van der Waals surface area contributed by atoms with Gasteiger partial charge in [-0.3, -0.25) is 0 Å². The van der Waals surface area contributed by atoms with E-state index < -0.39 is 11.0 Å². The van der Waals surface area contributed by atoms with Crippen LogP contribution in [0.1, 0.15) is 0 Å². The van der Waals surface area contributed by atoms with E-state index in [1.807, 2.05) is 0 Å². The first kappa shape index (κ1) is 12.0. The molecule has 1 fully saturated rings. The van der Waals surface area contributed by atoms with Crippen LogP contribution in [-0.2, 0) is 0 Å². The Morgan fingerprint density at radius 3 is 1.83 bits per heavy atom. The van der Waals surface area contributed by atoms with Gasteiger partial charge in [0.2, 0.25) is 0 Å². The van der Waals surface area contributed by atoms with Gasteiger partial charge in [0, 0.05) is 0 Å². The first-order valence-corrected chi connectivity index (χ1v) is 12.9. The Kier molecular flexibility index (Phi) is 5.10. The first-order chi connectivity index (χ1) is 5.49. The van der Waals surface area contributed by atoms with Crippen LogP contribution in [0.3, 0.4) is 0 Å². The minimum absolute atomic E-state index is 0.183. The molecule has 0 spiro atoms. The van der Waals surface area contributed by atoms with E-state index in [0.29, 0.717) is 0 Å². The molecular weight excluding hydrogens is 321 g/mol. The fourth-order valence-corrected chi connectivity index (χ4v) is 13.5. The SMILES string of the molecule is ClC1C[Si]CC(Cl)C[Se](Cl)(Cl)C1. The van der Waals surface area contributed by atoms with Crippen LogP contribution in [0, 0.1) is 0 Å². The molecule has 2 atom stereocenters. The quantitative estimate of drug-likeness (QED) is 0.469. The molecule has 0 nitrogen and oxygen atoms in total. The Hall–Kier alpha value is 1.90. The van der Waals surface area contributed by atoms with E-state index >= 15 is 0 Å². The number of alkyl halides is 2. The van der Waals surface area contributed by atoms with E-state index in [1.54, 1.807) is 0 Å². The summed E-state index contributed by atoms with van der Waals surface area (Å²) in [5.41, 5.74) is 0.